The van der Waals surface area contributed by atoms with Crippen molar-refractivity contribution >= 4 is 29.0 Å². The number of pyridine rings is 1. The predicted octanol–water partition coefficient (Wildman–Crippen LogP) is 3.85. The second kappa shape index (κ2) is 8.77. The van der Waals surface area contributed by atoms with Crippen LogP contribution >= 0.6 is 0 Å². The van der Waals surface area contributed by atoms with Crippen LogP contribution in [0.2, 0.25) is 0 Å². The van der Waals surface area contributed by atoms with Crippen molar-refractivity contribution in [3.8, 4) is 0 Å². The quantitative estimate of drug-likeness (QED) is 0.608. The van der Waals surface area contributed by atoms with Crippen LogP contribution in [-0.2, 0) is 11.3 Å². The number of nitrogens with one attached hydrogen (secondary N) is 3. The van der Waals surface area contributed by atoms with Gasteiger partial charge in [-0.25, -0.2) is 9.37 Å². The van der Waals surface area contributed by atoms with Crippen molar-refractivity contribution in [1.82, 2.24) is 10.3 Å². The molecule has 1 heterocycles. The van der Waals surface area contributed by atoms with Crippen LogP contribution in [0.1, 0.15) is 22.8 Å². The van der Waals surface area contributed by atoms with Gasteiger partial charge in [-0.3, -0.25) is 9.59 Å². The zero-order chi connectivity index (χ0) is 19.9. The van der Waals surface area contributed by atoms with E-state index >= 15 is 0 Å². The van der Waals surface area contributed by atoms with Gasteiger partial charge in [0.1, 0.15) is 11.6 Å². The van der Waals surface area contributed by atoms with Gasteiger partial charge in [-0.15, -0.1) is 0 Å². The van der Waals surface area contributed by atoms with Gasteiger partial charge < -0.3 is 16.0 Å². The van der Waals surface area contributed by atoms with E-state index in [1.165, 1.54) is 25.3 Å². The van der Waals surface area contributed by atoms with Crippen molar-refractivity contribution in [3.05, 3.63) is 83.8 Å². The number of carbonyl (C=O) groups excluding carboxylic acids is 2. The zero-order valence-electron chi connectivity index (χ0n) is 15.2. The lowest BCUT2D eigenvalue weighted by Crippen LogP contribution is -2.22. The van der Waals surface area contributed by atoms with Gasteiger partial charge in [-0.05, 0) is 48.0 Å². The molecule has 0 saturated heterocycles. The van der Waals surface area contributed by atoms with Gasteiger partial charge in [0.25, 0.3) is 5.91 Å². The number of amides is 2. The Hall–Kier alpha value is -3.74. The van der Waals surface area contributed by atoms with E-state index in [4.69, 9.17) is 0 Å². The molecule has 3 N–H and O–H groups in total. The molecule has 0 aliphatic carbocycles. The van der Waals surface area contributed by atoms with E-state index < -0.39 is 0 Å². The maximum Gasteiger partial charge on any atom is 0.253 e. The number of anilines is 3. The third-order valence-electron chi connectivity index (χ3n) is 3.85. The predicted molar refractivity (Wildman–Crippen MR) is 106 cm³/mol. The number of benzene rings is 2. The highest BCUT2D eigenvalue weighted by Crippen LogP contribution is 2.19. The largest absolute Gasteiger partial charge is 0.348 e. The molecule has 0 spiro atoms. The van der Waals surface area contributed by atoms with Crippen LogP contribution in [0, 0.1) is 5.82 Å². The summed E-state index contributed by atoms with van der Waals surface area (Å²) in [5.41, 5.74) is 2.65. The standard InChI is InChI=1S/C21H19FN4O2/c1-14(27)25-18-3-2-4-19(11-18)26-20-10-7-16(13-23-20)21(28)24-12-15-5-8-17(22)9-6-15/h2-11,13H,12H2,1H3,(H,23,26)(H,24,28)(H,25,27). The Labute approximate surface area is 161 Å². The van der Waals surface area contributed by atoms with E-state index in [-0.39, 0.29) is 17.6 Å². The third kappa shape index (κ3) is 5.38. The SMILES string of the molecule is CC(=O)Nc1cccc(Nc2ccc(C(=O)NCc3ccc(F)cc3)cn2)c1. The molecular weight excluding hydrogens is 359 g/mol. The summed E-state index contributed by atoms with van der Waals surface area (Å²) in [6, 6.07) is 16.5. The summed E-state index contributed by atoms with van der Waals surface area (Å²) >= 11 is 0. The molecule has 28 heavy (non-hydrogen) atoms. The zero-order valence-corrected chi connectivity index (χ0v) is 15.2. The monoisotopic (exact) mass is 378 g/mol. The highest BCUT2D eigenvalue weighted by molar-refractivity contribution is 5.94. The molecule has 0 bridgehead atoms. The molecule has 0 saturated carbocycles. The number of aromatic nitrogens is 1. The molecule has 2 aromatic carbocycles. The molecule has 6 nitrogen and oxygen atoms in total. The summed E-state index contributed by atoms with van der Waals surface area (Å²) in [4.78, 5) is 27.6. The molecule has 0 radical (unpaired) electrons. The molecule has 0 atom stereocenters. The summed E-state index contributed by atoms with van der Waals surface area (Å²) in [5.74, 6) is -0.164. The molecular formula is C21H19FN4O2. The number of carbonyl (C=O) groups is 2. The summed E-state index contributed by atoms with van der Waals surface area (Å²) in [6.45, 7) is 1.75. The summed E-state index contributed by atoms with van der Waals surface area (Å²) in [5, 5.41) is 8.60. The van der Waals surface area contributed by atoms with Crippen molar-refractivity contribution in [2.24, 2.45) is 0 Å². The van der Waals surface area contributed by atoms with Crippen LogP contribution in [0.5, 0.6) is 0 Å². The fraction of sp³-hybridized carbons (Fsp3) is 0.0952. The highest BCUT2D eigenvalue weighted by Gasteiger charge is 2.07. The van der Waals surface area contributed by atoms with E-state index in [0.717, 1.165) is 11.3 Å². The Morgan fingerprint density at radius 3 is 2.43 bits per heavy atom. The van der Waals surface area contributed by atoms with Crippen molar-refractivity contribution in [1.29, 1.82) is 0 Å². The van der Waals surface area contributed by atoms with Gasteiger partial charge in [0.2, 0.25) is 5.91 Å². The molecule has 142 valence electrons. The average Bonchev–Trinajstić information content (AvgIpc) is 2.68. The minimum atomic E-state index is -0.315. The Bertz CT molecular complexity index is 972. The van der Waals surface area contributed by atoms with E-state index in [1.54, 1.807) is 36.4 Å². The Balaban J connectivity index is 1.59. The van der Waals surface area contributed by atoms with Crippen molar-refractivity contribution in [3.63, 3.8) is 0 Å². The lowest BCUT2D eigenvalue weighted by Gasteiger charge is -2.09. The van der Waals surface area contributed by atoms with Crippen LogP contribution in [0.25, 0.3) is 0 Å². The molecule has 0 aliphatic heterocycles. The number of rotatable bonds is 6. The maximum absolute atomic E-state index is 12.9. The number of halogens is 1. The minimum Gasteiger partial charge on any atom is -0.348 e. The van der Waals surface area contributed by atoms with Crippen LogP contribution < -0.4 is 16.0 Å². The number of nitrogens with zero attached hydrogens (tertiary/aromatic N) is 1. The van der Waals surface area contributed by atoms with Crippen LogP contribution in [-0.4, -0.2) is 16.8 Å². The Kier molecular flexibility index (Phi) is 5.96. The first kappa shape index (κ1) is 19.0. The molecule has 3 aromatic rings. The molecule has 0 unspecified atom stereocenters. The lowest BCUT2D eigenvalue weighted by molar-refractivity contribution is -0.114. The molecule has 0 fully saturated rings. The van der Waals surface area contributed by atoms with E-state index in [2.05, 4.69) is 20.9 Å². The first-order valence-corrected chi connectivity index (χ1v) is 8.63. The van der Waals surface area contributed by atoms with E-state index in [1.807, 2.05) is 12.1 Å². The van der Waals surface area contributed by atoms with Gasteiger partial charge in [0.05, 0.1) is 5.56 Å². The normalized spacial score (nSPS) is 10.2. The summed E-state index contributed by atoms with van der Waals surface area (Å²) < 4.78 is 12.9. The van der Waals surface area contributed by atoms with Crippen molar-refractivity contribution in [2.75, 3.05) is 10.6 Å². The number of hydrogen-bond donors (Lipinski definition) is 3. The molecule has 1 aromatic heterocycles. The maximum atomic E-state index is 12.9. The van der Waals surface area contributed by atoms with Crippen LogP contribution in [0.4, 0.5) is 21.6 Å². The third-order valence-corrected chi connectivity index (χ3v) is 3.85. The Morgan fingerprint density at radius 1 is 1.00 bits per heavy atom. The minimum absolute atomic E-state index is 0.147. The Morgan fingerprint density at radius 2 is 1.75 bits per heavy atom. The second-order valence-electron chi connectivity index (χ2n) is 6.13. The average molecular weight is 378 g/mol. The highest BCUT2D eigenvalue weighted by atomic mass is 19.1. The fourth-order valence-corrected chi connectivity index (χ4v) is 2.51. The first-order valence-electron chi connectivity index (χ1n) is 8.63. The van der Waals surface area contributed by atoms with Crippen molar-refractivity contribution in [2.45, 2.75) is 13.5 Å². The van der Waals surface area contributed by atoms with Crippen LogP contribution in [0.15, 0.2) is 66.9 Å². The van der Waals surface area contributed by atoms with E-state index in [9.17, 15) is 14.0 Å². The van der Waals surface area contributed by atoms with Gasteiger partial charge in [-0.1, -0.05) is 18.2 Å². The molecule has 0 aliphatic rings. The van der Waals surface area contributed by atoms with Gasteiger partial charge in [-0.2, -0.15) is 0 Å². The lowest BCUT2D eigenvalue weighted by atomic mass is 10.2. The molecule has 7 heteroatoms. The van der Waals surface area contributed by atoms with Gasteiger partial charge >= 0.3 is 0 Å². The van der Waals surface area contributed by atoms with Crippen molar-refractivity contribution < 1.29 is 14.0 Å². The summed E-state index contributed by atoms with van der Waals surface area (Å²) in [6.07, 6.45) is 1.47. The van der Waals surface area contributed by atoms with Crippen LogP contribution in [0.3, 0.4) is 0 Å². The first-order chi connectivity index (χ1) is 13.5. The second-order valence-corrected chi connectivity index (χ2v) is 6.13. The number of hydrogen-bond acceptors (Lipinski definition) is 4. The van der Waals surface area contributed by atoms with Gasteiger partial charge in [0, 0.05) is 31.0 Å². The van der Waals surface area contributed by atoms with E-state index in [0.29, 0.717) is 23.6 Å². The summed E-state index contributed by atoms with van der Waals surface area (Å²) in [7, 11) is 0. The molecule has 2 amide bonds. The van der Waals surface area contributed by atoms with Gasteiger partial charge in [0.15, 0.2) is 0 Å². The molecule has 3 rings (SSSR count). The fourth-order valence-electron chi connectivity index (χ4n) is 2.51. The smallest absolute Gasteiger partial charge is 0.253 e. The topological polar surface area (TPSA) is 83.1 Å².